The zero-order valence-electron chi connectivity index (χ0n) is 4.71. The van der Waals surface area contributed by atoms with Crippen molar-refractivity contribution in [2.75, 3.05) is 0 Å². The molecule has 2 unspecified atom stereocenters. The number of aliphatic imine (C=N–C) groups is 1. The van der Waals surface area contributed by atoms with Crippen LogP contribution in [0.5, 0.6) is 0 Å². The number of allylic oxidation sites excluding steroid dienone is 1. The Kier molecular flexibility index (Phi) is 1.42. The number of hydrogen-bond donors (Lipinski definition) is 0. The summed E-state index contributed by atoms with van der Waals surface area (Å²) in [6.45, 7) is 1.80. The van der Waals surface area contributed by atoms with Gasteiger partial charge in [0.25, 0.3) is 0 Å². The van der Waals surface area contributed by atoms with Crippen LogP contribution < -0.4 is 0 Å². The molecule has 0 saturated carbocycles. The van der Waals surface area contributed by atoms with E-state index in [0.717, 1.165) is 0 Å². The van der Waals surface area contributed by atoms with E-state index in [4.69, 9.17) is 0 Å². The smallest absolute Gasteiger partial charge is 0.195 e. The molecular formula is C6H8FN. The molecule has 2 atom stereocenters. The second kappa shape index (κ2) is 2.07. The highest BCUT2D eigenvalue weighted by Crippen LogP contribution is 2.12. The summed E-state index contributed by atoms with van der Waals surface area (Å²) >= 11 is 0. The lowest BCUT2D eigenvalue weighted by Crippen LogP contribution is -2.09. The summed E-state index contributed by atoms with van der Waals surface area (Å²) < 4.78 is 12.3. The molecule has 0 aromatic heterocycles. The molecule has 1 heterocycles. The molecule has 0 saturated heterocycles. The van der Waals surface area contributed by atoms with Crippen molar-refractivity contribution in [2.24, 2.45) is 10.9 Å². The first-order valence-electron chi connectivity index (χ1n) is 2.65. The monoisotopic (exact) mass is 113 g/mol. The molecule has 1 rings (SSSR count). The Labute approximate surface area is 47.9 Å². The largest absolute Gasteiger partial charge is 0.256 e. The van der Waals surface area contributed by atoms with Crippen LogP contribution in [-0.4, -0.2) is 12.5 Å². The summed E-state index contributed by atoms with van der Waals surface area (Å²) in [4.78, 5) is 3.53. The van der Waals surface area contributed by atoms with E-state index in [2.05, 4.69) is 4.99 Å². The predicted molar refractivity (Wildman–Crippen MR) is 31.7 cm³/mol. The Morgan fingerprint density at radius 1 is 1.62 bits per heavy atom. The van der Waals surface area contributed by atoms with Crippen molar-refractivity contribution in [3.05, 3.63) is 12.2 Å². The SMILES string of the molecule is CC1C=CC=NC1F. The van der Waals surface area contributed by atoms with Crippen molar-refractivity contribution in [3.8, 4) is 0 Å². The lowest BCUT2D eigenvalue weighted by molar-refractivity contribution is 0.286. The average Bonchev–Trinajstić information content (AvgIpc) is 1.77. The summed E-state index contributed by atoms with van der Waals surface area (Å²) in [6.07, 6.45) is 4.04. The first-order valence-corrected chi connectivity index (χ1v) is 2.65. The van der Waals surface area contributed by atoms with Crippen molar-refractivity contribution in [1.29, 1.82) is 0 Å². The van der Waals surface area contributed by atoms with Gasteiger partial charge in [0.2, 0.25) is 0 Å². The summed E-state index contributed by atoms with van der Waals surface area (Å²) in [5.74, 6) is -0.0417. The number of alkyl halides is 1. The number of dihydropyridines is 1. The fourth-order valence-electron chi connectivity index (χ4n) is 0.584. The Hall–Kier alpha value is -0.660. The maximum Gasteiger partial charge on any atom is 0.195 e. The summed E-state index contributed by atoms with van der Waals surface area (Å²) in [7, 11) is 0. The number of halogens is 1. The highest BCUT2D eigenvalue weighted by Gasteiger charge is 2.11. The molecule has 0 bridgehead atoms. The average molecular weight is 113 g/mol. The molecule has 1 aliphatic heterocycles. The Morgan fingerprint density at radius 2 is 2.38 bits per heavy atom. The van der Waals surface area contributed by atoms with Crippen LogP contribution in [0.15, 0.2) is 17.1 Å². The van der Waals surface area contributed by atoms with Crippen LogP contribution in [0.4, 0.5) is 4.39 Å². The van der Waals surface area contributed by atoms with Gasteiger partial charge in [0.05, 0.1) is 0 Å². The van der Waals surface area contributed by atoms with E-state index in [0.29, 0.717) is 0 Å². The van der Waals surface area contributed by atoms with Crippen LogP contribution in [0, 0.1) is 5.92 Å². The normalized spacial score (nSPS) is 35.8. The van der Waals surface area contributed by atoms with E-state index in [-0.39, 0.29) is 5.92 Å². The highest BCUT2D eigenvalue weighted by atomic mass is 19.1. The van der Waals surface area contributed by atoms with Crippen LogP contribution in [0.3, 0.4) is 0 Å². The van der Waals surface area contributed by atoms with E-state index < -0.39 is 6.30 Å². The molecular weight excluding hydrogens is 105 g/mol. The van der Waals surface area contributed by atoms with Gasteiger partial charge in [-0.15, -0.1) is 0 Å². The Morgan fingerprint density at radius 3 is 2.75 bits per heavy atom. The van der Waals surface area contributed by atoms with E-state index in [1.807, 2.05) is 0 Å². The van der Waals surface area contributed by atoms with Crippen LogP contribution in [0.25, 0.3) is 0 Å². The van der Waals surface area contributed by atoms with E-state index >= 15 is 0 Å². The lowest BCUT2D eigenvalue weighted by Gasteiger charge is -2.09. The third kappa shape index (κ3) is 0.941. The maximum atomic E-state index is 12.3. The van der Waals surface area contributed by atoms with E-state index in [9.17, 15) is 4.39 Å². The minimum Gasteiger partial charge on any atom is -0.256 e. The van der Waals surface area contributed by atoms with Crippen LogP contribution >= 0.6 is 0 Å². The van der Waals surface area contributed by atoms with Gasteiger partial charge in [-0.1, -0.05) is 13.0 Å². The van der Waals surface area contributed by atoms with Gasteiger partial charge >= 0.3 is 0 Å². The standard InChI is InChI=1S/C6H8FN/c1-5-3-2-4-8-6(5)7/h2-6H,1H3. The topological polar surface area (TPSA) is 12.4 Å². The lowest BCUT2D eigenvalue weighted by atomic mass is 10.1. The van der Waals surface area contributed by atoms with Gasteiger partial charge in [0, 0.05) is 12.1 Å². The van der Waals surface area contributed by atoms with Gasteiger partial charge in [-0.2, -0.15) is 0 Å². The summed E-state index contributed by atoms with van der Waals surface area (Å²) in [6, 6.07) is 0. The minimum absolute atomic E-state index is 0.0417. The quantitative estimate of drug-likeness (QED) is 0.423. The van der Waals surface area contributed by atoms with E-state index in [1.165, 1.54) is 6.21 Å². The summed E-state index contributed by atoms with van der Waals surface area (Å²) in [5, 5.41) is 0. The number of nitrogens with zero attached hydrogens (tertiary/aromatic N) is 1. The molecule has 0 aliphatic carbocycles. The Balaban J connectivity index is 2.59. The second-order valence-corrected chi connectivity index (χ2v) is 1.91. The molecule has 0 fully saturated rings. The zero-order chi connectivity index (χ0) is 5.98. The van der Waals surface area contributed by atoms with Crippen molar-refractivity contribution in [1.82, 2.24) is 0 Å². The molecule has 0 amide bonds. The summed E-state index contributed by atoms with van der Waals surface area (Å²) in [5.41, 5.74) is 0. The highest BCUT2D eigenvalue weighted by molar-refractivity contribution is 5.72. The van der Waals surface area contributed by atoms with Gasteiger partial charge in [-0.05, 0) is 6.08 Å². The number of rotatable bonds is 0. The fourth-order valence-corrected chi connectivity index (χ4v) is 0.584. The van der Waals surface area contributed by atoms with Crippen molar-refractivity contribution >= 4 is 6.21 Å². The van der Waals surface area contributed by atoms with Gasteiger partial charge in [-0.25, -0.2) is 4.39 Å². The molecule has 0 aromatic rings. The van der Waals surface area contributed by atoms with Gasteiger partial charge in [0.15, 0.2) is 6.30 Å². The molecule has 1 aliphatic rings. The first-order chi connectivity index (χ1) is 3.80. The molecule has 0 aromatic carbocycles. The molecule has 2 heteroatoms. The minimum atomic E-state index is -1.01. The van der Waals surface area contributed by atoms with Crippen LogP contribution in [0.2, 0.25) is 0 Å². The van der Waals surface area contributed by atoms with Crippen LogP contribution in [0.1, 0.15) is 6.92 Å². The molecule has 0 radical (unpaired) electrons. The van der Waals surface area contributed by atoms with Crippen molar-refractivity contribution < 1.29 is 4.39 Å². The third-order valence-corrected chi connectivity index (χ3v) is 1.16. The van der Waals surface area contributed by atoms with Crippen molar-refractivity contribution in [3.63, 3.8) is 0 Å². The van der Waals surface area contributed by atoms with E-state index in [1.54, 1.807) is 19.1 Å². The molecule has 44 valence electrons. The second-order valence-electron chi connectivity index (χ2n) is 1.91. The van der Waals surface area contributed by atoms with Gasteiger partial charge in [-0.3, -0.25) is 4.99 Å². The zero-order valence-corrected chi connectivity index (χ0v) is 4.71. The fraction of sp³-hybridized carbons (Fsp3) is 0.500. The van der Waals surface area contributed by atoms with Gasteiger partial charge < -0.3 is 0 Å². The molecule has 0 N–H and O–H groups in total. The van der Waals surface area contributed by atoms with Crippen LogP contribution in [-0.2, 0) is 0 Å². The predicted octanol–water partition coefficient (Wildman–Crippen LogP) is 1.56. The van der Waals surface area contributed by atoms with Crippen molar-refractivity contribution in [2.45, 2.75) is 13.2 Å². The molecule has 0 spiro atoms. The Bertz CT molecular complexity index is 112. The number of hydrogen-bond acceptors (Lipinski definition) is 1. The maximum absolute atomic E-state index is 12.3. The first kappa shape index (κ1) is 5.48. The molecule has 8 heavy (non-hydrogen) atoms. The van der Waals surface area contributed by atoms with Gasteiger partial charge in [0.1, 0.15) is 0 Å². The third-order valence-electron chi connectivity index (χ3n) is 1.16. The molecule has 1 nitrogen and oxygen atoms in total.